The van der Waals surface area contributed by atoms with Crippen molar-refractivity contribution in [2.24, 2.45) is 7.05 Å². The zero-order chi connectivity index (χ0) is 29.6. The van der Waals surface area contributed by atoms with E-state index < -0.39 is 23.8 Å². The van der Waals surface area contributed by atoms with Crippen molar-refractivity contribution in [3.8, 4) is 12.3 Å². The van der Waals surface area contributed by atoms with Crippen molar-refractivity contribution in [1.29, 1.82) is 0 Å². The first-order valence-corrected chi connectivity index (χ1v) is 14.4. The molecule has 1 aliphatic carbocycles. The Morgan fingerprint density at radius 2 is 1.80 bits per heavy atom. The molecule has 1 amide bonds. The van der Waals surface area contributed by atoms with E-state index in [9.17, 15) is 18.7 Å². The average molecular weight is 563 g/mol. The summed E-state index contributed by atoms with van der Waals surface area (Å²) >= 11 is 0. The molecule has 0 unspecified atom stereocenters. The first kappa shape index (κ1) is 30.3. The number of rotatable bonds is 14. The quantitative estimate of drug-likeness (QED) is 0.245. The van der Waals surface area contributed by atoms with Crippen molar-refractivity contribution >= 4 is 11.6 Å². The number of amides is 1. The van der Waals surface area contributed by atoms with Gasteiger partial charge in [0.2, 0.25) is 0 Å². The number of anilines is 1. The predicted octanol–water partition coefficient (Wildman–Crippen LogP) is 4.89. The lowest BCUT2D eigenvalue weighted by molar-refractivity contribution is 0.0814. The van der Waals surface area contributed by atoms with E-state index in [2.05, 4.69) is 35.3 Å². The molecule has 3 N–H and O–H groups in total. The van der Waals surface area contributed by atoms with E-state index in [-0.39, 0.29) is 24.4 Å². The molecule has 41 heavy (non-hydrogen) atoms. The Labute approximate surface area is 241 Å². The summed E-state index contributed by atoms with van der Waals surface area (Å²) in [6.45, 7) is 6.16. The number of aromatic nitrogens is 1. The van der Waals surface area contributed by atoms with Gasteiger partial charge in [-0.2, -0.15) is 0 Å². The van der Waals surface area contributed by atoms with Crippen molar-refractivity contribution in [2.45, 2.75) is 63.6 Å². The zero-order valence-electron chi connectivity index (χ0n) is 24.1. The summed E-state index contributed by atoms with van der Waals surface area (Å²) in [4.78, 5) is 15.8. The van der Waals surface area contributed by atoms with Crippen LogP contribution in [0, 0.1) is 24.0 Å². The maximum atomic E-state index is 14.0. The summed E-state index contributed by atoms with van der Waals surface area (Å²) in [5, 5.41) is 17.8. The van der Waals surface area contributed by atoms with Crippen LogP contribution < -0.4 is 15.5 Å². The Bertz CT molecular complexity index is 1370. The molecule has 1 fully saturated rings. The molecule has 2 atom stereocenters. The van der Waals surface area contributed by atoms with Gasteiger partial charge in [0.1, 0.15) is 17.3 Å². The van der Waals surface area contributed by atoms with Crippen molar-refractivity contribution in [2.75, 3.05) is 24.5 Å². The highest BCUT2D eigenvalue weighted by atomic mass is 19.1. The van der Waals surface area contributed by atoms with E-state index in [1.807, 2.05) is 43.6 Å². The Balaban J connectivity index is 1.53. The molecule has 0 radical (unpaired) electrons. The number of nitrogens with one attached hydrogen (secondary N) is 2. The molecule has 218 valence electrons. The molecule has 0 bridgehead atoms. The number of aryl methyl sites for hydroxylation is 1. The fraction of sp³-hybridized carbons (Fsp3) is 0.424. The van der Waals surface area contributed by atoms with Crippen molar-refractivity contribution in [1.82, 2.24) is 15.2 Å². The second-order valence-corrected chi connectivity index (χ2v) is 11.0. The second-order valence-electron chi connectivity index (χ2n) is 11.0. The SMILES string of the molecule is C#Cc1cccc(C2(NC[C@@H](O)[C@H](Cc3cc(F)cc(F)c3)NC(=O)c3cc(N(CCC)CCC)cn3C)CC2)c1. The van der Waals surface area contributed by atoms with Gasteiger partial charge < -0.3 is 25.2 Å². The Hall–Kier alpha value is -3.67. The van der Waals surface area contributed by atoms with Crippen molar-refractivity contribution < 1.29 is 18.7 Å². The average Bonchev–Trinajstić information content (AvgIpc) is 3.64. The van der Waals surface area contributed by atoms with E-state index in [0.717, 1.165) is 61.7 Å². The monoisotopic (exact) mass is 562 g/mol. The number of nitrogens with zero attached hydrogens (tertiary/aromatic N) is 2. The van der Waals surface area contributed by atoms with Crippen molar-refractivity contribution in [3.05, 3.63) is 88.7 Å². The summed E-state index contributed by atoms with van der Waals surface area (Å²) in [5.41, 5.74) is 3.28. The highest BCUT2D eigenvalue weighted by Gasteiger charge is 2.44. The molecule has 0 spiro atoms. The molecule has 6 nitrogen and oxygen atoms in total. The van der Waals surface area contributed by atoms with Crippen LogP contribution in [0.15, 0.2) is 54.7 Å². The van der Waals surface area contributed by atoms with E-state index in [0.29, 0.717) is 11.3 Å². The molecule has 0 aliphatic heterocycles. The molecule has 1 aromatic heterocycles. The first-order valence-electron chi connectivity index (χ1n) is 14.4. The first-order chi connectivity index (χ1) is 19.7. The van der Waals surface area contributed by atoms with Gasteiger partial charge in [0.15, 0.2) is 0 Å². The topological polar surface area (TPSA) is 69.5 Å². The molecule has 1 aliphatic rings. The van der Waals surface area contributed by atoms with E-state index in [1.54, 1.807) is 4.57 Å². The number of benzene rings is 2. The molecule has 8 heteroatoms. The van der Waals surface area contributed by atoms with Crippen LogP contribution in [0.5, 0.6) is 0 Å². The molecule has 1 heterocycles. The number of hydrogen-bond donors (Lipinski definition) is 3. The van der Waals surface area contributed by atoms with Gasteiger partial charge in [-0.15, -0.1) is 6.42 Å². The van der Waals surface area contributed by atoms with E-state index in [4.69, 9.17) is 6.42 Å². The minimum Gasteiger partial charge on any atom is -0.390 e. The highest BCUT2D eigenvalue weighted by molar-refractivity contribution is 5.94. The van der Waals surface area contributed by atoms with Gasteiger partial charge in [-0.25, -0.2) is 8.78 Å². The maximum absolute atomic E-state index is 14.0. The van der Waals surface area contributed by atoms with E-state index >= 15 is 0 Å². The summed E-state index contributed by atoms with van der Waals surface area (Å²) in [7, 11) is 1.81. The van der Waals surface area contributed by atoms with Crippen LogP contribution in [0.2, 0.25) is 0 Å². The van der Waals surface area contributed by atoms with Crippen LogP contribution in [0.4, 0.5) is 14.5 Å². The summed E-state index contributed by atoms with van der Waals surface area (Å²) in [5.74, 6) is 0.882. The fourth-order valence-electron chi connectivity index (χ4n) is 5.41. The molecular weight excluding hydrogens is 522 g/mol. The number of terminal acetylenes is 1. The van der Waals surface area contributed by atoms with Crippen LogP contribution >= 0.6 is 0 Å². The minimum atomic E-state index is -1.03. The van der Waals surface area contributed by atoms with Crippen LogP contribution in [-0.2, 0) is 19.0 Å². The van der Waals surface area contributed by atoms with Gasteiger partial charge in [0.25, 0.3) is 5.91 Å². The number of aliphatic hydroxyl groups is 1. The molecule has 1 saturated carbocycles. The number of carbonyl (C=O) groups is 1. The standard InChI is InChI=1S/C33H40F2N4O2/c1-5-13-39(14-6-2)28-20-30(38(4)22-28)32(41)37-29(18-24-16-26(34)19-27(35)17-24)31(40)21-36-33(11-12-33)25-10-8-9-23(7-3)15-25/h3,8-10,15-17,19-20,22,29,31,36,40H,5-6,11-14,18,21H2,1-2,4H3,(H,37,41)/t29-,31+/m0/s1. The smallest absolute Gasteiger partial charge is 0.268 e. The number of carbonyl (C=O) groups excluding carboxylic acids is 1. The molecule has 0 saturated heterocycles. The summed E-state index contributed by atoms with van der Waals surface area (Å²) < 4.78 is 29.8. The molecule has 4 rings (SSSR count). The predicted molar refractivity (Wildman–Crippen MR) is 159 cm³/mol. The number of hydrogen-bond acceptors (Lipinski definition) is 4. The lowest BCUT2D eigenvalue weighted by atomic mass is 9.98. The number of halogens is 2. The summed E-state index contributed by atoms with van der Waals surface area (Å²) in [6, 6.07) is 12.1. The Kier molecular flexibility index (Phi) is 9.85. The van der Waals surface area contributed by atoms with Gasteiger partial charge in [0, 0.05) is 50.0 Å². The third kappa shape index (κ3) is 7.55. The van der Waals surface area contributed by atoms with Gasteiger partial charge >= 0.3 is 0 Å². The van der Waals surface area contributed by atoms with Crippen LogP contribution in [-0.4, -0.2) is 47.4 Å². The Morgan fingerprint density at radius 1 is 1.12 bits per heavy atom. The summed E-state index contributed by atoms with van der Waals surface area (Å²) in [6.07, 6.45) is 10.3. The Morgan fingerprint density at radius 3 is 2.41 bits per heavy atom. The maximum Gasteiger partial charge on any atom is 0.268 e. The lowest BCUT2D eigenvalue weighted by Gasteiger charge is -2.27. The third-order valence-corrected chi connectivity index (χ3v) is 7.72. The zero-order valence-corrected chi connectivity index (χ0v) is 24.1. The van der Waals surface area contributed by atoms with E-state index in [1.165, 1.54) is 12.1 Å². The minimum absolute atomic E-state index is 0.0535. The number of aliphatic hydroxyl groups excluding tert-OH is 1. The van der Waals surface area contributed by atoms with Crippen LogP contribution in [0.1, 0.15) is 66.7 Å². The molecule has 2 aromatic carbocycles. The molecular formula is C33H40F2N4O2. The molecule has 3 aromatic rings. The van der Waals surface area contributed by atoms with Crippen molar-refractivity contribution in [3.63, 3.8) is 0 Å². The highest BCUT2D eigenvalue weighted by Crippen LogP contribution is 2.45. The van der Waals surface area contributed by atoms with Gasteiger partial charge in [-0.1, -0.05) is 31.9 Å². The third-order valence-electron chi connectivity index (χ3n) is 7.72. The lowest BCUT2D eigenvalue weighted by Crippen LogP contribution is -2.50. The van der Waals surface area contributed by atoms with Crippen LogP contribution in [0.25, 0.3) is 0 Å². The van der Waals surface area contributed by atoms with Crippen LogP contribution in [0.3, 0.4) is 0 Å². The van der Waals surface area contributed by atoms with Gasteiger partial charge in [-0.3, -0.25) is 4.79 Å². The second kappa shape index (κ2) is 13.3. The van der Waals surface area contributed by atoms with Gasteiger partial charge in [-0.05, 0) is 73.6 Å². The fourth-order valence-corrected chi connectivity index (χ4v) is 5.41. The van der Waals surface area contributed by atoms with Gasteiger partial charge in [0.05, 0.1) is 17.8 Å². The normalized spacial score (nSPS) is 15.1. The largest absolute Gasteiger partial charge is 0.390 e.